The van der Waals surface area contributed by atoms with Crippen molar-refractivity contribution in [2.24, 2.45) is 0 Å². The second-order valence-corrected chi connectivity index (χ2v) is 7.98. The van der Waals surface area contributed by atoms with Gasteiger partial charge < -0.3 is 20.8 Å². The van der Waals surface area contributed by atoms with Crippen LogP contribution in [0.15, 0.2) is 34.7 Å². The Labute approximate surface area is 208 Å². The molecule has 0 radical (unpaired) electrons. The van der Waals surface area contributed by atoms with Gasteiger partial charge in [-0.3, -0.25) is 0 Å². The number of aromatic hydroxyl groups is 1. The minimum absolute atomic E-state index is 0. The molecular formula is C24H24FN4NaO2. The van der Waals surface area contributed by atoms with Crippen LogP contribution in [0.3, 0.4) is 0 Å². The van der Waals surface area contributed by atoms with Crippen molar-refractivity contribution in [2.75, 3.05) is 18.0 Å². The van der Waals surface area contributed by atoms with E-state index in [1.165, 1.54) is 32.1 Å². The van der Waals surface area contributed by atoms with Crippen LogP contribution in [0, 0.1) is 19.2 Å². The average Bonchev–Trinajstić information content (AvgIpc) is 3.38. The van der Waals surface area contributed by atoms with Crippen molar-refractivity contribution < 1.29 is 43.5 Å². The largest absolute Gasteiger partial charge is 1.00 e. The third kappa shape index (κ3) is 4.47. The second kappa shape index (κ2) is 9.73. The van der Waals surface area contributed by atoms with Gasteiger partial charge in [-0.1, -0.05) is 0 Å². The Morgan fingerprint density at radius 2 is 1.66 bits per heavy atom. The maximum atomic E-state index is 14.5. The van der Waals surface area contributed by atoms with Crippen molar-refractivity contribution in [1.82, 2.24) is 15.0 Å². The van der Waals surface area contributed by atoms with E-state index in [-0.39, 0.29) is 46.2 Å². The van der Waals surface area contributed by atoms with E-state index in [2.05, 4.69) is 26.3 Å². The fraction of sp³-hybridized carbons (Fsp3) is 0.333. The van der Waals surface area contributed by atoms with Crippen LogP contribution < -0.4 is 34.5 Å². The van der Waals surface area contributed by atoms with Gasteiger partial charge in [0.25, 0.3) is 0 Å². The molecule has 4 aromatic rings. The van der Waals surface area contributed by atoms with Gasteiger partial charge in [0.05, 0.1) is 16.7 Å². The van der Waals surface area contributed by atoms with Gasteiger partial charge >= 0.3 is 29.6 Å². The fourth-order valence-corrected chi connectivity index (χ4v) is 3.80. The number of aromatic nitrogens is 3. The van der Waals surface area contributed by atoms with Crippen molar-refractivity contribution in [3.05, 3.63) is 48.5 Å². The number of halogens is 1. The summed E-state index contributed by atoms with van der Waals surface area (Å²) in [7, 11) is 0. The minimum Gasteiger partial charge on any atom is -0.504 e. The standard InChI is InChI=1S/C20H17FN4O2.C4H7.Na/c1-11-22-19-16(27-11)10-12(20(26)18(19)21)13-4-5-15-14(23-13)6-7-17(24-15)25-8-2-3-9-25;1-2-4-3-1;/h4-7,10,26H,2-3,8-9H2,1H3;1H,2-4H2;/q;-1;+1. The maximum absolute atomic E-state index is 14.5. The summed E-state index contributed by atoms with van der Waals surface area (Å²) < 4.78 is 19.9. The van der Waals surface area contributed by atoms with Crippen molar-refractivity contribution in [2.45, 2.75) is 39.0 Å². The SMILES string of the molecule is Cc1nc2c(F)c(O)c(-c3ccc4nc(N5CCCC5)ccc4n3)cc2o1.[CH-]1CCC1.[Na+]. The third-order valence-corrected chi connectivity index (χ3v) is 5.76. The molecule has 1 aliphatic carbocycles. The number of hydrogen-bond acceptors (Lipinski definition) is 6. The number of nitrogens with zero attached hydrogens (tertiary/aromatic N) is 4. The monoisotopic (exact) mass is 442 g/mol. The third-order valence-electron chi connectivity index (χ3n) is 5.76. The van der Waals surface area contributed by atoms with E-state index in [9.17, 15) is 9.50 Å². The number of fused-ring (bicyclic) bond motifs is 2. The zero-order chi connectivity index (χ0) is 21.4. The number of benzene rings is 1. The molecule has 32 heavy (non-hydrogen) atoms. The van der Waals surface area contributed by atoms with Crippen LogP contribution in [0.5, 0.6) is 5.75 Å². The summed E-state index contributed by atoms with van der Waals surface area (Å²) in [5.74, 6) is 0.000563. The van der Waals surface area contributed by atoms with E-state index < -0.39 is 11.6 Å². The summed E-state index contributed by atoms with van der Waals surface area (Å²) >= 11 is 0. The number of hydrogen-bond donors (Lipinski definition) is 1. The van der Waals surface area contributed by atoms with E-state index in [4.69, 9.17) is 4.42 Å². The van der Waals surface area contributed by atoms with Gasteiger partial charge in [0.15, 0.2) is 23.0 Å². The Balaban J connectivity index is 0.000000444. The van der Waals surface area contributed by atoms with E-state index in [0.717, 1.165) is 24.4 Å². The van der Waals surface area contributed by atoms with Crippen LogP contribution in [0.4, 0.5) is 10.2 Å². The van der Waals surface area contributed by atoms with Crippen LogP contribution in [0.2, 0.25) is 0 Å². The van der Waals surface area contributed by atoms with Crippen LogP contribution >= 0.6 is 0 Å². The van der Waals surface area contributed by atoms with E-state index >= 15 is 0 Å². The Morgan fingerprint density at radius 3 is 2.34 bits per heavy atom. The first kappa shape index (κ1) is 23.0. The van der Waals surface area contributed by atoms with Crippen LogP contribution in [0.25, 0.3) is 33.4 Å². The van der Waals surface area contributed by atoms with Crippen LogP contribution in [-0.4, -0.2) is 33.1 Å². The molecule has 1 aromatic carbocycles. The summed E-state index contributed by atoms with van der Waals surface area (Å²) in [6.45, 7) is 3.68. The van der Waals surface area contributed by atoms with E-state index in [0.29, 0.717) is 17.1 Å². The van der Waals surface area contributed by atoms with Gasteiger partial charge in [0.1, 0.15) is 11.3 Å². The molecule has 1 saturated carbocycles. The number of phenols is 1. The van der Waals surface area contributed by atoms with Crippen molar-refractivity contribution in [3.8, 4) is 17.0 Å². The molecule has 0 atom stereocenters. The molecule has 4 heterocycles. The summed E-state index contributed by atoms with van der Waals surface area (Å²) in [5, 5.41) is 10.3. The number of anilines is 1. The van der Waals surface area contributed by atoms with Gasteiger partial charge in [-0.2, -0.15) is 12.8 Å². The molecule has 2 fully saturated rings. The Morgan fingerprint density at radius 1 is 1.00 bits per heavy atom. The van der Waals surface area contributed by atoms with Gasteiger partial charge in [0.2, 0.25) is 0 Å². The molecule has 0 amide bonds. The smallest absolute Gasteiger partial charge is 0.504 e. The predicted molar refractivity (Wildman–Crippen MR) is 118 cm³/mol. The molecule has 0 unspecified atom stereocenters. The van der Waals surface area contributed by atoms with Crippen molar-refractivity contribution in [1.29, 1.82) is 0 Å². The van der Waals surface area contributed by atoms with Crippen LogP contribution in [-0.2, 0) is 0 Å². The number of rotatable bonds is 2. The molecule has 1 N–H and O–H groups in total. The molecule has 0 bridgehead atoms. The Hall–Kier alpha value is -2.22. The van der Waals surface area contributed by atoms with Crippen LogP contribution in [0.1, 0.15) is 38.0 Å². The molecular weight excluding hydrogens is 418 g/mol. The topological polar surface area (TPSA) is 75.3 Å². The summed E-state index contributed by atoms with van der Waals surface area (Å²) in [6.07, 6.45) is 8.87. The summed E-state index contributed by atoms with van der Waals surface area (Å²) in [4.78, 5) is 15.5. The Bertz CT molecular complexity index is 1250. The van der Waals surface area contributed by atoms with E-state index in [1.807, 2.05) is 18.2 Å². The minimum atomic E-state index is -0.802. The van der Waals surface area contributed by atoms with Gasteiger partial charge in [0, 0.05) is 25.6 Å². The quantitative estimate of drug-likeness (QED) is 0.380. The fourth-order valence-electron chi connectivity index (χ4n) is 3.80. The second-order valence-electron chi connectivity index (χ2n) is 7.98. The molecule has 3 aromatic heterocycles. The maximum Gasteiger partial charge on any atom is 1.00 e. The first-order valence-electron chi connectivity index (χ1n) is 10.7. The molecule has 2 aliphatic rings. The van der Waals surface area contributed by atoms with Gasteiger partial charge in [-0.15, -0.1) is 6.42 Å². The van der Waals surface area contributed by atoms with E-state index in [1.54, 1.807) is 19.1 Å². The molecule has 6 rings (SSSR count). The van der Waals surface area contributed by atoms with Gasteiger partial charge in [-0.05, 0) is 43.2 Å². The number of phenolic OH excluding ortho intramolecular Hbond substituents is 1. The van der Waals surface area contributed by atoms with Crippen molar-refractivity contribution >= 4 is 28.0 Å². The normalized spacial score (nSPS) is 15.2. The van der Waals surface area contributed by atoms with Gasteiger partial charge in [-0.25, -0.2) is 19.3 Å². The first-order chi connectivity index (χ1) is 15.1. The first-order valence-corrected chi connectivity index (χ1v) is 10.7. The molecule has 1 saturated heterocycles. The Kier molecular flexibility index (Phi) is 6.98. The molecule has 6 nitrogen and oxygen atoms in total. The number of oxazole rings is 1. The molecule has 1 aliphatic heterocycles. The predicted octanol–water partition coefficient (Wildman–Crippen LogP) is 2.57. The average molecular weight is 442 g/mol. The molecule has 8 heteroatoms. The number of aryl methyl sites for hydroxylation is 1. The molecule has 160 valence electrons. The zero-order valence-corrected chi connectivity index (χ0v) is 20.4. The zero-order valence-electron chi connectivity index (χ0n) is 18.4. The van der Waals surface area contributed by atoms with Crippen molar-refractivity contribution in [3.63, 3.8) is 0 Å². The summed E-state index contributed by atoms with van der Waals surface area (Å²) in [6, 6.07) is 8.99. The number of pyridine rings is 2. The molecule has 0 spiro atoms. The summed E-state index contributed by atoms with van der Waals surface area (Å²) in [5.41, 5.74) is 2.46.